The number of hydrogen-bond donors (Lipinski definition) is 1. The predicted octanol–water partition coefficient (Wildman–Crippen LogP) is 5.52. The molecule has 0 aromatic heterocycles. The fourth-order valence-electron chi connectivity index (χ4n) is 4.10. The van der Waals surface area contributed by atoms with Crippen LogP contribution in [-0.2, 0) is 11.2 Å². The standard InChI is InChI=1S/C26H27NO3/c1-2-24-25(20-8-4-3-5-9-20)27(26(24)29)21-12-16-23(17-13-21)30-18-6-7-19-10-14-22(28)15-11-19/h3-5,8-17,24-25,28H,2,6-7,18H2,1H3/t24-,25+/m0/s1. The summed E-state index contributed by atoms with van der Waals surface area (Å²) in [7, 11) is 0. The Morgan fingerprint density at radius 2 is 1.63 bits per heavy atom. The van der Waals surface area contributed by atoms with E-state index in [0.717, 1.165) is 30.7 Å². The van der Waals surface area contributed by atoms with Crippen molar-refractivity contribution in [2.24, 2.45) is 5.92 Å². The van der Waals surface area contributed by atoms with E-state index >= 15 is 0 Å². The van der Waals surface area contributed by atoms with Crippen molar-refractivity contribution in [1.82, 2.24) is 0 Å². The zero-order valence-electron chi connectivity index (χ0n) is 17.2. The van der Waals surface area contributed by atoms with E-state index < -0.39 is 0 Å². The summed E-state index contributed by atoms with van der Waals surface area (Å²) < 4.78 is 5.87. The van der Waals surface area contributed by atoms with Gasteiger partial charge in [-0.25, -0.2) is 0 Å². The van der Waals surface area contributed by atoms with E-state index in [-0.39, 0.29) is 23.6 Å². The lowest BCUT2D eigenvalue weighted by molar-refractivity contribution is -0.130. The molecule has 1 amide bonds. The smallest absolute Gasteiger partial charge is 0.233 e. The topological polar surface area (TPSA) is 49.8 Å². The van der Waals surface area contributed by atoms with Gasteiger partial charge in [0.1, 0.15) is 11.5 Å². The number of β-lactam (4-membered cyclic amide) rings is 1. The van der Waals surface area contributed by atoms with Crippen molar-refractivity contribution in [2.75, 3.05) is 11.5 Å². The van der Waals surface area contributed by atoms with Crippen LogP contribution in [0.3, 0.4) is 0 Å². The second-order valence-electron chi connectivity index (χ2n) is 7.69. The third-order valence-corrected chi connectivity index (χ3v) is 5.72. The molecule has 0 aliphatic carbocycles. The van der Waals surface area contributed by atoms with Gasteiger partial charge in [-0.15, -0.1) is 0 Å². The number of rotatable bonds is 8. The van der Waals surface area contributed by atoms with Crippen molar-refractivity contribution in [2.45, 2.75) is 32.2 Å². The van der Waals surface area contributed by atoms with Crippen LogP contribution in [0.25, 0.3) is 0 Å². The summed E-state index contributed by atoms with van der Waals surface area (Å²) in [6.45, 7) is 2.69. The number of amides is 1. The Morgan fingerprint density at radius 1 is 0.933 bits per heavy atom. The van der Waals surface area contributed by atoms with Crippen LogP contribution in [0.4, 0.5) is 5.69 Å². The highest BCUT2D eigenvalue weighted by molar-refractivity contribution is 6.03. The molecule has 1 N–H and O–H groups in total. The number of hydrogen-bond acceptors (Lipinski definition) is 3. The molecular weight excluding hydrogens is 374 g/mol. The molecule has 0 radical (unpaired) electrons. The molecule has 2 atom stereocenters. The fourth-order valence-corrected chi connectivity index (χ4v) is 4.10. The lowest BCUT2D eigenvalue weighted by Gasteiger charge is -2.47. The lowest BCUT2D eigenvalue weighted by atomic mass is 9.80. The van der Waals surface area contributed by atoms with Gasteiger partial charge in [0, 0.05) is 5.69 Å². The monoisotopic (exact) mass is 401 g/mol. The van der Waals surface area contributed by atoms with Crippen molar-refractivity contribution < 1.29 is 14.6 Å². The lowest BCUT2D eigenvalue weighted by Crippen LogP contribution is -2.55. The summed E-state index contributed by atoms with van der Waals surface area (Å²) >= 11 is 0. The van der Waals surface area contributed by atoms with Crippen LogP contribution < -0.4 is 9.64 Å². The summed E-state index contributed by atoms with van der Waals surface area (Å²) in [6.07, 6.45) is 2.64. The zero-order valence-corrected chi connectivity index (χ0v) is 17.2. The molecule has 1 aliphatic rings. The van der Waals surface area contributed by atoms with E-state index in [4.69, 9.17) is 4.74 Å². The van der Waals surface area contributed by atoms with Crippen molar-refractivity contribution >= 4 is 11.6 Å². The first-order valence-electron chi connectivity index (χ1n) is 10.6. The average molecular weight is 402 g/mol. The predicted molar refractivity (Wildman–Crippen MR) is 119 cm³/mol. The number of anilines is 1. The molecule has 4 nitrogen and oxygen atoms in total. The molecule has 0 bridgehead atoms. The quantitative estimate of drug-likeness (QED) is 0.399. The Morgan fingerprint density at radius 3 is 2.30 bits per heavy atom. The molecule has 1 aliphatic heterocycles. The highest BCUT2D eigenvalue weighted by Gasteiger charge is 2.47. The number of phenols is 1. The number of aryl methyl sites for hydroxylation is 1. The molecule has 3 aromatic carbocycles. The first-order valence-corrected chi connectivity index (χ1v) is 10.6. The number of carbonyl (C=O) groups is 1. The van der Waals surface area contributed by atoms with Gasteiger partial charge in [0.15, 0.2) is 0 Å². The SMILES string of the molecule is CC[C@@H]1C(=O)N(c2ccc(OCCCc3ccc(O)cc3)cc2)[C@@H]1c1ccccc1. The van der Waals surface area contributed by atoms with Crippen LogP contribution in [0.1, 0.15) is 36.9 Å². The Bertz CT molecular complexity index is 967. The molecule has 30 heavy (non-hydrogen) atoms. The Labute approximate surface area is 177 Å². The molecule has 0 spiro atoms. The molecule has 154 valence electrons. The summed E-state index contributed by atoms with van der Waals surface area (Å²) in [5, 5.41) is 9.34. The first kappa shape index (κ1) is 20.0. The van der Waals surface area contributed by atoms with Crippen molar-refractivity contribution in [1.29, 1.82) is 0 Å². The van der Waals surface area contributed by atoms with Gasteiger partial charge in [-0.2, -0.15) is 0 Å². The van der Waals surface area contributed by atoms with Crippen molar-refractivity contribution in [3.63, 3.8) is 0 Å². The maximum Gasteiger partial charge on any atom is 0.233 e. The highest BCUT2D eigenvalue weighted by atomic mass is 16.5. The van der Waals surface area contributed by atoms with Crippen LogP contribution in [-0.4, -0.2) is 17.6 Å². The van der Waals surface area contributed by atoms with Gasteiger partial charge in [0.25, 0.3) is 0 Å². The largest absolute Gasteiger partial charge is 0.508 e. The molecule has 1 heterocycles. The summed E-state index contributed by atoms with van der Waals surface area (Å²) in [4.78, 5) is 14.6. The average Bonchev–Trinajstić information content (AvgIpc) is 2.78. The molecule has 0 unspecified atom stereocenters. The molecule has 0 saturated carbocycles. The van der Waals surface area contributed by atoms with Gasteiger partial charge >= 0.3 is 0 Å². The minimum Gasteiger partial charge on any atom is -0.508 e. The maximum atomic E-state index is 12.7. The van der Waals surface area contributed by atoms with E-state index in [0.29, 0.717) is 6.61 Å². The highest BCUT2D eigenvalue weighted by Crippen LogP contribution is 2.45. The van der Waals surface area contributed by atoms with E-state index in [2.05, 4.69) is 19.1 Å². The normalized spacial score (nSPS) is 18.2. The third kappa shape index (κ3) is 4.18. The van der Waals surface area contributed by atoms with Crippen LogP contribution in [0, 0.1) is 5.92 Å². The van der Waals surface area contributed by atoms with E-state index in [1.54, 1.807) is 12.1 Å². The van der Waals surface area contributed by atoms with Crippen LogP contribution in [0.15, 0.2) is 78.9 Å². The number of benzene rings is 3. The second kappa shape index (κ2) is 9.04. The van der Waals surface area contributed by atoms with Crippen LogP contribution >= 0.6 is 0 Å². The maximum absolute atomic E-state index is 12.7. The molecule has 1 fully saturated rings. The first-order chi connectivity index (χ1) is 14.7. The van der Waals surface area contributed by atoms with Gasteiger partial charge in [-0.1, -0.05) is 49.4 Å². The number of nitrogens with zero attached hydrogens (tertiary/aromatic N) is 1. The van der Waals surface area contributed by atoms with Crippen LogP contribution in [0.5, 0.6) is 11.5 Å². The zero-order chi connectivity index (χ0) is 20.9. The summed E-state index contributed by atoms with van der Waals surface area (Å²) in [5.74, 6) is 1.33. The Hall–Kier alpha value is -3.27. The van der Waals surface area contributed by atoms with Gasteiger partial charge in [-0.05, 0) is 66.8 Å². The van der Waals surface area contributed by atoms with E-state index in [9.17, 15) is 9.90 Å². The van der Waals surface area contributed by atoms with Crippen LogP contribution in [0.2, 0.25) is 0 Å². The van der Waals surface area contributed by atoms with E-state index in [1.807, 2.05) is 59.5 Å². The van der Waals surface area contributed by atoms with Gasteiger partial charge in [0.2, 0.25) is 5.91 Å². The van der Waals surface area contributed by atoms with Gasteiger partial charge < -0.3 is 14.7 Å². The van der Waals surface area contributed by atoms with Crippen molar-refractivity contribution in [3.05, 3.63) is 90.0 Å². The van der Waals surface area contributed by atoms with E-state index in [1.165, 1.54) is 11.1 Å². The minimum absolute atomic E-state index is 0.0447. The number of ether oxygens (including phenoxy) is 1. The number of phenolic OH excluding ortho intramolecular Hbond substituents is 1. The van der Waals surface area contributed by atoms with Crippen molar-refractivity contribution in [3.8, 4) is 11.5 Å². The number of carbonyl (C=O) groups excluding carboxylic acids is 1. The Kier molecular flexibility index (Phi) is 6.03. The summed E-state index contributed by atoms with van der Waals surface area (Å²) in [6, 6.07) is 25.4. The number of aromatic hydroxyl groups is 1. The molecule has 3 aromatic rings. The van der Waals surface area contributed by atoms with Gasteiger partial charge in [-0.3, -0.25) is 4.79 Å². The van der Waals surface area contributed by atoms with Gasteiger partial charge in [0.05, 0.1) is 18.6 Å². The summed E-state index contributed by atoms with van der Waals surface area (Å²) in [5.41, 5.74) is 3.27. The molecular formula is C26H27NO3. The minimum atomic E-state index is 0.0447. The second-order valence-corrected chi connectivity index (χ2v) is 7.69. The third-order valence-electron chi connectivity index (χ3n) is 5.72. The fraction of sp³-hybridized carbons (Fsp3) is 0.269. The Balaban J connectivity index is 1.35. The molecule has 1 saturated heterocycles. The molecule has 4 rings (SSSR count). The molecule has 4 heteroatoms.